The van der Waals surface area contributed by atoms with Crippen LogP contribution < -0.4 is 14.8 Å². The molecule has 1 atom stereocenters. The number of rotatable bonds is 5. The average molecular weight is 409 g/mol. The standard InChI is InChI=1S/C23H24N2O3S/c1-3-25(2)20-10-7-11-21-22(20)18-13-12-16(15-29(24,26)27)14-19(18)23(28-21)17-8-5-4-6-9-17/h4-14,23H,3,15H2,1-2H3,(H2,24,26,27). The maximum Gasteiger partial charge on any atom is 0.213 e. The lowest BCUT2D eigenvalue weighted by molar-refractivity contribution is 0.243. The Morgan fingerprint density at radius 1 is 1.03 bits per heavy atom. The van der Waals surface area contributed by atoms with Gasteiger partial charge in [0.05, 0.1) is 5.75 Å². The molecule has 150 valence electrons. The summed E-state index contributed by atoms with van der Waals surface area (Å²) in [6, 6.07) is 21.8. The first-order valence-corrected chi connectivity index (χ1v) is 11.3. The van der Waals surface area contributed by atoms with E-state index in [0.29, 0.717) is 5.56 Å². The van der Waals surface area contributed by atoms with E-state index in [-0.39, 0.29) is 11.9 Å². The highest BCUT2D eigenvalue weighted by atomic mass is 32.2. The first kappa shape index (κ1) is 19.5. The van der Waals surface area contributed by atoms with Gasteiger partial charge in [0.15, 0.2) is 0 Å². The van der Waals surface area contributed by atoms with Gasteiger partial charge in [0.25, 0.3) is 0 Å². The zero-order valence-electron chi connectivity index (χ0n) is 16.5. The lowest BCUT2D eigenvalue weighted by atomic mass is 9.87. The highest BCUT2D eigenvalue weighted by Gasteiger charge is 2.30. The van der Waals surface area contributed by atoms with Crippen LogP contribution in [-0.4, -0.2) is 22.0 Å². The minimum atomic E-state index is -3.62. The van der Waals surface area contributed by atoms with Crippen molar-refractivity contribution in [2.24, 2.45) is 5.14 Å². The van der Waals surface area contributed by atoms with Crippen molar-refractivity contribution in [3.8, 4) is 16.9 Å². The Hall–Kier alpha value is -2.83. The number of hydrogen-bond acceptors (Lipinski definition) is 4. The molecule has 4 rings (SSSR count). The highest BCUT2D eigenvalue weighted by Crippen LogP contribution is 2.49. The summed E-state index contributed by atoms with van der Waals surface area (Å²) in [5, 5.41) is 5.28. The zero-order valence-corrected chi connectivity index (χ0v) is 17.3. The molecular formula is C23H24N2O3S. The first-order chi connectivity index (χ1) is 13.9. The van der Waals surface area contributed by atoms with E-state index in [2.05, 4.69) is 17.9 Å². The van der Waals surface area contributed by atoms with Crippen molar-refractivity contribution in [3.05, 3.63) is 83.4 Å². The second kappa shape index (κ2) is 7.54. The van der Waals surface area contributed by atoms with E-state index >= 15 is 0 Å². The van der Waals surface area contributed by atoms with Crippen molar-refractivity contribution in [2.75, 3.05) is 18.5 Å². The van der Waals surface area contributed by atoms with Crippen LogP contribution in [0.15, 0.2) is 66.7 Å². The fourth-order valence-corrected chi connectivity index (χ4v) is 4.47. The first-order valence-electron chi connectivity index (χ1n) is 9.57. The van der Waals surface area contributed by atoms with Crippen LogP contribution in [0.2, 0.25) is 0 Å². The van der Waals surface area contributed by atoms with Crippen molar-refractivity contribution in [1.82, 2.24) is 0 Å². The Labute approximate surface area is 171 Å². The Balaban J connectivity index is 1.93. The third-order valence-corrected chi connectivity index (χ3v) is 6.01. The van der Waals surface area contributed by atoms with Crippen molar-refractivity contribution in [3.63, 3.8) is 0 Å². The average Bonchev–Trinajstić information content (AvgIpc) is 2.71. The van der Waals surface area contributed by atoms with E-state index in [1.807, 2.05) is 67.7 Å². The van der Waals surface area contributed by atoms with Gasteiger partial charge in [-0.3, -0.25) is 0 Å². The molecular weight excluding hydrogens is 384 g/mol. The van der Waals surface area contributed by atoms with Gasteiger partial charge >= 0.3 is 0 Å². The Kier molecular flexibility index (Phi) is 5.06. The van der Waals surface area contributed by atoms with Gasteiger partial charge in [-0.1, -0.05) is 54.6 Å². The molecule has 5 nitrogen and oxygen atoms in total. The largest absolute Gasteiger partial charge is 0.480 e. The number of ether oxygens (including phenoxy) is 1. The molecule has 1 unspecified atom stereocenters. The lowest BCUT2D eigenvalue weighted by Crippen LogP contribution is -2.21. The topological polar surface area (TPSA) is 72.6 Å². The number of anilines is 1. The molecule has 3 aromatic carbocycles. The summed E-state index contributed by atoms with van der Waals surface area (Å²) in [4.78, 5) is 2.17. The SMILES string of the molecule is CCN(C)c1cccc2c1-c1ccc(CS(N)(=O)=O)cc1C(c1ccccc1)O2. The minimum Gasteiger partial charge on any atom is -0.480 e. The van der Waals surface area contributed by atoms with Gasteiger partial charge in [-0.15, -0.1) is 0 Å². The van der Waals surface area contributed by atoms with Gasteiger partial charge in [-0.05, 0) is 35.7 Å². The van der Waals surface area contributed by atoms with E-state index in [9.17, 15) is 8.42 Å². The normalized spacial score (nSPS) is 15.2. The summed E-state index contributed by atoms with van der Waals surface area (Å²) >= 11 is 0. The number of benzene rings is 3. The summed E-state index contributed by atoms with van der Waals surface area (Å²) in [6.07, 6.45) is -0.318. The van der Waals surface area contributed by atoms with Gasteiger partial charge < -0.3 is 9.64 Å². The van der Waals surface area contributed by atoms with Crippen LogP contribution in [0.1, 0.15) is 29.7 Å². The maximum atomic E-state index is 11.6. The van der Waals surface area contributed by atoms with E-state index in [1.165, 1.54) is 0 Å². The zero-order chi connectivity index (χ0) is 20.6. The second-order valence-corrected chi connectivity index (χ2v) is 8.92. The number of primary sulfonamides is 1. The molecule has 0 saturated carbocycles. The van der Waals surface area contributed by atoms with E-state index in [1.54, 1.807) is 0 Å². The van der Waals surface area contributed by atoms with Crippen LogP contribution in [0, 0.1) is 0 Å². The van der Waals surface area contributed by atoms with E-state index < -0.39 is 10.0 Å². The molecule has 0 radical (unpaired) electrons. The van der Waals surface area contributed by atoms with Crippen molar-refractivity contribution >= 4 is 15.7 Å². The monoisotopic (exact) mass is 408 g/mol. The van der Waals surface area contributed by atoms with Crippen molar-refractivity contribution in [1.29, 1.82) is 0 Å². The molecule has 0 spiro atoms. The number of sulfonamides is 1. The quantitative estimate of drug-likeness (QED) is 0.690. The van der Waals surface area contributed by atoms with Crippen LogP contribution in [-0.2, 0) is 15.8 Å². The fraction of sp³-hybridized carbons (Fsp3) is 0.217. The van der Waals surface area contributed by atoms with Crippen molar-refractivity contribution in [2.45, 2.75) is 18.8 Å². The van der Waals surface area contributed by atoms with Crippen LogP contribution in [0.5, 0.6) is 5.75 Å². The lowest BCUT2D eigenvalue weighted by Gasteiger charge is -2.32. The summed E-state index contributed by atoms with van der Waals surface area (Å²) in [7, 11) is -1.57. The van der Waals surface area contributed by atoms with Crippen LogP contribution in [0.4, 0.5) is 5.69 Å². The third kappa shape index (κ3) is 3.86. The molecule has 0 saturated heterocycles. The molecule has 2 N–H and O–H groups in total. The minimum absolute atomic E-state index is 0.203. The second-order valence-electron chi connectivity index (χ2n) is 7.30. The van der Waals surface area contributed by atoms with Gasteiger partial charge in [0, 0.05) is 30.4 Å². The molecule has 1 aliphatic heterocycles. The Bertz CT molecular complexity index is 1140. The molecule has 1 aliphatic rings. The molecule has 29 heavy (non-hydrogen) atoms. The molecule has 0 aromatic heterocycles. The summed E-state index contributed by atoms with van der Waals surface area (Å²) in [6.45, 7) is 2.96. The highest BCUT2D eigenvalue weighted by molar-refractivity contribution is 7.88. The summed E-state index contributed by atoms with van der Waals surface area (Å²) in [5.41, 5.74) is 5.77. The molecule has 0 amide bonds. The van der Waals surface area contributed by atoms with Crippen LogP contribution in [0.25, 0.3) is 11.1 Å². The van der Waals surface area contributed by atoms with Crippen LogP contribution in [0.3, 0.4) is 0 Å². The summed E-state index contributed by atoms with van der Waals surface area (Å²) < 4.78 is 29.7. The van der Waals surface area contributed by atoms with E-state index in [0.717, 1.165) is 40.2 Å². The molecule has 0 fully saturated rings. The number of nitrogens with zero attached hydrogens (tertiary/aromatic N) is 1. The third-order valence-electron chi connectivity index (χ3n) is 5.27. The van der Waals surface area contributed by atoms with Crippen molar-refractivity contribution < 1.29 is 13.2 Å². The van der Waals surface area contributed by atoms with Gasteiger partial charge in [0.1, 0.15) is 11.9 Å². The van der Waals surface area contributed by atoms with Gasteiger partial charge in [0.2, 0.25) is 10.0 Å². The predicted molar refractivity (Wildman–Crippen MR) is 117 cm³/mol. The number of fused-ring (bicyclic) bond motifs is 3. The smallest absolute Gasteiger partial charge is 0.213 e. The molecule has 0 bridgehead atoms. The Morgan fingerprint density at radius 3 is 2.48 bits per heavy atom. The van der Waals surface area contributed by atoms with Gasteiger partial charge in [-0.25, -0.2) is 13.6 Å². The van der Waals surface area contributed by atoms with Crippen LogP contribution >= 0.6 is 0 Å². The van der Waals surface area contributed by atoms with Gasteiger partial charge in [-0.2, -0.15) is 0 Å². The molecule has 6 heteroatoms. The Morgan fingerprint density at radius 2 is 1.79 bits per heavy atom. The number of nitrogens with two attached hydrogens (primary N) is 1. The molecule has 0 aliphatic carbocycles. The molecule has 3 aromatic rings. The number of hydrogen-bond donors (Lipinski definition) is 1. The van der Waals surface area contributed by atoms with E-state index in [4.69, 9.17) is 9.88 Å². The molecule has 1 heterocycles. The predicted octanol–water partition coefficient (Wildman–Crippen LogP) is 4.08. The fourth-order valence-electron chi connectivity index (χ4n) is 3.82. The summed E-state index contributed by atoms with van der Waals surface area (Å²) in [5.74, 6) is 0.619. The maximum absolute atomic E-state index is 11.6.